The Labute approximate surface area is 125 Å². The van der Waals surface area contributed by atoms with Gasteiger partial charge in [-0.3, -0.25) is 4.79 Å². The third kappa shape index (κ3) is 4.67. The lowest BCUT2D eigenvalue weighted by atomic mass is 9.93. The number of rotatable bonds is 6. The van der Waals surface area contributed by atoms with Gasteiger partial charge in [-0.25, -0.2) is 17.5 Å². The predicted molar refractivity (Wildman–Crippen MR) is 78.2 cm³/mol. The number of hydrogen-bond donors (Lipinski definition) is 2. The Morgan fingerprint density at radius 1 is 1.43 bits per heavy atom. The first-order valence-corrected chi connectivity index (χ1v) is 8.95. The molecule has 122 valence electrons. The molecule has 0 aromatic carbocycles. The molecule has 8 heteroatoms. The van der Waals surface area contributed by atoms with Crippen LogP contribution in [0.15, 0.2) is 0 Å². The van der Waals surface area contributed by atoms with Crippen molar-refractivity contribution in [2.24, 2.45) is 5.92 Å². The van der Waals surface area contributed by atoms with E-state index < -0.39 is 27.4 Å². The second-order valence-corrected chi connectivity index (χ2v) is 7.82. The molecule has 2 atom stereocenters. The summed E-state index contributed by atoms with van der Waals surface area (Å²) in [5.74, 6) is -1.96. The summed E-state index contributed by atoms with van der Waals surface area (Å²) in [7, 11) is -3.33. The van der Waals surface area contributed by atoms with Gasteiger partial charge in [-0.05, 0) is 26.2 Å². The highest BCUT2D eigenvalue weighted by Crippen LogP contribution is 2.21. The van der Waals surface area contributed by atoms with Crippen molar-refractivity contribution in [2.45, 2.75) is 45.1 Å². The maximum Gasteiger partial charge on any atom is 0.329 e. The van der Waals surface area contributed by atoms with Crippen molar-refractivity contribution in [3.05, 3.63) is 0 Å². The number of carboxylic acid groups (broad SMARTS) is 1. The van der Waals surface area contributed by atoms with E-state index in [1.54, 1.807) is 0 Å². The fraction of sp³-hybridized carbons (Fsp3) is 0.846. The largest absolute Gasteiger partial charge is 0.480 e. The molecule has 1 fully saturated rings. The minimum atomic E-state index is -3.33. The zero-order chi connectivity index (χ0) is 16.3. The number of piperidine rings is 1. The highest BCUT2D eigenvalue weighted by molar-refractivity contribution is 7.88. The van der Waals surface area contributed by atoms with Crippen LogP contribution < -0.4 is 5.32 Å². The SMILES string of the molecule is CCCC(C)(NC(=O)C1CCCN(S(C)(=O)=O)C1)C(=O)O. The maximum absolute atomic E-state index is 12.3. The van der Waals surface area contributed by atoms with E-state index in [0.717, 1.165) is 6.26 Å². The molecule has 0 aromatic heterocycles. The molecule has 21 heavy (non-hydrogen) atoms. The van der Waals surface area contributed by atoms with Gasteiger partial charge in [0.2, 0.25) is 15.9 Å². The summed E-state index contributed by atoms with van der Waals surface area (Å²) in [5.41, 5.74) is -1.31. The molecule has 1 rings (SSSR count). The minimum Gasteiger partial charge on any atom is -0.480 e. The quantitative estimate of drug-likeness (QED) is 0.738. The Bertz CT molecular complexity index is 505. The van der Waals surface area contributed by atoms with Gasteiger partial charge in [-0.15, -0.1) is 0 Å². The van der Waals surface area contributed by atoms with Crippen LogP contribution in [-0.4, -0.2) is 54.6 Å². The lowest BCUT2D eigenvalue weighted by Crippen LogP contribution is -2.55. The van der Waals surface area contributed by atoms with Crippen LogP contribution in [0.4, 0.5) is 0 Å². The zero-order valence-corrected chi connectivity index (χ0v) is 13.6. The first-order chi connectivity index (χ1) is 9.60. The van der Waals surface area contributed by atoms with Crippen LogP contribution in [0, 0.1) is 5.92 Å². The Morgan fingerprint density at radius 2 is 2.05 bits per heavy atom. The summed E-state index contributed by atoms with van der Waals surface area (Å²) >= 11 is 0. The van der Waals surface area contributed by atoms with E-state index in [-0.39, 0.29) is 12.5 Å². The maximum atomic E-state index is 12.3. The summed E-state index contributed by atoms with van der Waals surface area (Å²) in [5, 5.41) is 11.8. The molecule has 0 bridgehead atoms. The van der Waals surface area contributed by atoms with E-state index in [1.165, 1.54) is 11.2 Å². The van der Waals surface area contributed by atoms with Crippen LogP contribution in [0.3, 0.4) is 0 Å². The van der Waals surface area contributed by atoms with E-state index in [9.17, 15) is 23.1 Å². The number of hydrogen-bond acceptors (Lipinski definition) is 4. The van der Waals surface area contributed by atoms with Crippen LogP contribution in [-0.2, 0) is 19.6 Å². The fourth-order valence-corrected chi connectivity index (χ4v) is 3.47. The van der Waals surface area contributed by atoms with Gasteiger partial charge in [0.1, 0.15) is 5.54 Å². The summed E-state index contributed by atoms with van der Waals surface area (Å²) in [4.78, 5) is 23.6. The molecule has 1 heterocycles. The molecule has 1 amide bonds. The Kier molecular flexibility index (Phi) is 5.75. The van der Waals surface area contributed by atoms with Gasteiger partial charge in [0, 0.05) is 13.1 Å². The predicted octanol–water partition coefficient (Wildman–Crippen LogP) is 0.418. The van der Waals surface area contributed by atoms with Gasteiger partial charge < -0.3 is 10.4 Å². The lowest BCUT2D eigenvalue weighted by Gasteiger charge is -2.33. The molecule has 0 spiro atoms. The fourth-order valence-electron chi connectivity index (χ4n) is 2.55. The highest BCUT2D eigenvalue weighted by Gasteiger charge is 2.37. The second kappa shape index (κ2) is 6.74. The minimum absolute atomic E-state index is 0.118. The summed E-state index contributed by atoms with van der Waals surface area (Å²) in [6, 6.07) is 0. The summed E-state index contributed by atoms with van der Waals surface area (Å²) < 4.78 is 24.4. The molecule has 1 aliphatic heterocycles. The van der Waals surface area contributed by atoms with E-state index in [0.29, 0.717) is 32.2 Å². The van der Waals surface area contributed by atoms with Crippen molar-refractivity contribution in [3.8, 4) is 0 Å². The number of carboxylic acids is 1. The first-order valence-electron chi connectivity index (χ1n) is 7.10. The van der Waals surface area contributed by atoms with Gasteiger partial charge in [-0.2, -0.15) is 0 Å². The summed E-state index contributed by atoms with van der Waals surface area (Å²) in [6.07, 6.45) is 3.24. The van der Waals surface area contributed by atoms with Gasteiger partial charge in [0.15, 0.2) is 0 Å². The molecule has 1 aliphatic rings. The molecular formula is C13H24N2O5S. The molecular weight excluding hydrogens is 296 g/mol. The van der Waals surface area contributed by atoms with E-state index >= 15 is 0 Å². The highest BCUT2D eigenvalue weighted by atomic mass is 32.2. The number of carbonyl (C=O) groups is 2. The van der Waals surface area contributed by atoms with Crippen LogP contribution in [0.25, 0.3) is 0 Å². The monoisotopic (exact) mass is 320 g/mol. The van der Waals surface area contributed by atoms with Crippen molar-refractivity contribution >= 4 is 21.9 Å². The van der Waals surface area contributed by atoms with Crippen molar-refractivity contribution in [1.29, 1.82) is 0 Å². The molecule has 7 nitrogen and oxygen atoms in total. The van der Waals surface area contributed by atoms with Gasteiger partial charge in [0.05, 0.1) is 12.2 Å². The van der Waals surface area contributed by atoms with Crippen molar-refractivity contribution < 1.29 is 23.1 Å². The number of nitrogens with zero attached hydrogens (tertiary/aromatic N) is 1. The number of amides is 1. The number of nitrogens with one attached hydrogen (secondary N) is 1. The van der Waals surface area contributed by atoms with Crippen LogP contribution in [0.1, 0.15) is 39.5 Å². The molecule has 0 aromatic rings. The Balaban J connectivity index is 2.77. The molecule has 0 saturated carbocycles. The van der Waals surface area contributed by atoms with Gasteiger partial charge in [-0.1, -0.05) is 13.3 Å². The summed E-state index contributed by atoms with van der Waals surface area (Å²) in [6.45, 7) is 3.85. The van der Waals surface area contributed by atoms with Gasteiger partial charge in [0.25, 0.3) is 0 Å². The average molecular weight is 320 g/mol. The number of carbonyl (C=O) groups excluding carboxylic acids is 1. The molecule has 1 saturated heterocycles. The number of aliphatic carboxylic acids is 1. The van der Waals surface area contributed by atoms with Crippen LogP contribution in [0.2, 0.25) is 0 Å². The average Bonchev–Trinajstić information content (AvgIpc) is 2.38. The van der Waals surface area contributed by atoms with E-state index in [4.69, 9.17) is 0 Å². The van der Waals surface area contributed by atoms with Crippen LogP contribution in [0.5, 0.6) is 0 Å². The van der Waals surface area contributed by atoms with E-state index in [1.807, 2.05) is 6.92 Å². The molecule has 0 aliphatic carbocycles. The molecule has 2 N–H and O–H groups in total. The third-order valence-electron chi connectivity index (χ3n) is 3.85. The first kappa shape index (κ1) is 17.9. The molecule has 2 unspecified atom stereocenters. The number of sulfonamides is 1. The van der Waals surface area contributed by atoms with Gasteiger partial charge >= 0.3 is 5.97 Å². The second-order valence-electron chi connectivity index (χ2n) is 5.84. The lowest BCUT2D eigenvalue weighted by molar-refractivity contribution is -0.148. The topological polar surface area (TPSA) is 104 Å². The molecule has 0 radical (unpaired) electrons. The van der Waals surface area contributed by atoms with Crippen LogP contribution >= 0.6 is 0 Å². The zero-order valence-electron chi connectivity index (χ0n) is 12.8. The smallest absolute Gasteiger partial charge is 0.329 e. The van der Waals surface area contributed by atoms with Crippen molar-refractivity contribution in [3.63, 3.8) is 0 Å². The van der Waals surface area contributed by atoms with Crippen molar-refractivity contribution in [2.75, 3.05) is 19.3 Å². The third-order valence-corrected chi connectivity index (χ3v) is 5.11. The Morgan fingerprint density at radius 3 is 2.52 bits per heavy atom. The Hall–Kier alpha value is -1.15. The van der Waals surface area contributed by atoms with E-state index in [2.05, 4.69) is 5.32 Å². The standard InChI is InChI=1S/C13H24N2O5S/c1-4-7-13(2,12(17)18)14-11(16)10-6-5-8-15(9-10)21(3,19)20/h10H,4-9H2,1-3H3,(H,14,16)(H,17,18). The normalized spacial score (nSPS) is 23.3. The van der Waals surface area contributed by atoms with Crippen molar-refractivity contribution in [1.82, 2.24) is 9.62 Å².